The molecule has 4 rings (SSSR count). The number of nitrogens with one attached hydrogen (secondary N) is 1. The van der Waals surface area contributed by atoms with Crippen LogP contribution in [0, 0.1) is 0 Å². The topological polar surface area (TPSA) is 94.2 Å². The molecule has 0 aliphatic heterocycles. The Morgan fingerprint density at radius 1 is 1.19 bits per heavy atom. The molecule has 0 radical (unpaired) electrons. The van der Waals surface area contributed by atoms with Gasteiger partial charge in [0, 0.05) is 36.3 Å². The fraction of sp³-hybridized carbons (Fsp3) is 0.333. The number of anilines is 1. The molecule has 2 heterocycles. The van der Waals surface area contributed by atoms with Crippen molar-refractivity contribution in [3.63, 3.8) is 0 Å². The lowest BCUT2D eigenvalue weighted by atomic mass is 10.1. The van der Waals surface area contributed by atoms with Crippen molar-refractivity contribution >= 4 is 26.7 Å². The number of hydrogen-bond donors (Lipinski definition) is 1. The maximum Gasteiger partial charge on any atom is 0.336 e. The summed E-state index contributed by atoms with van der Waals surface area (Å²) in [4.78, 5) is 11.5. The molecule has 1 fully saturated rings. The van der Waals surface area contributed by atoms with Gasteiger partial charge in [-0.05, 0) is 37.1 Å². The first-order valence-electron chi connectivity index (χ1n) is 8.53. The molecule has 136 valence electrons. The third-order valence-corrected chi connectivity index (χ3v) is 6.12. The van der Waals surface area contributed by atoms with Crippen LogP contribution in [0.5, 0.6) is 0 Å². The summed E-state index contributed by atoms with van der Waals surface area (Å²) in [5.41, 5.74) is 1.02. The van der Waals surface area contributed by atoms with E-state index in [0.29, 0.717) is 22.4 Å². The predicted octanol–water partition coefficient (Wildman–Crippen LogP) is 2.98. The maximum atomic E-state index is 12.9. The fourth-order valence-electron chi connectivity index (χ4n) is 3.52. The molecule has 2 aromatic heterocycles. The van der Waals surface area contributed by atoms with Gasteiger partial charge in [-0.3, -0.25) is 9.40 Å². The number of fused-ring (bicyclic) bond motifs is 1. The van der Waals surface area contributed by atoms with E-state index in [0.717, 1.165) is 25.7 Å². The van der Waals surface area contributed by atoms with Crippen LogP contribution in [0.2, 0.25) is 0 Å². The van der Waals surface area contributed by atoms with Gasteiger partial charge in [-0.2, -0.15) is 5.10 Å². The predicted molar refractivity (Wildman–Crippen MR) is 97.7 cm³/mol. The van der Waals surface area contributed by atoms with Gasteiger partial charge >= 0.3 is 5.63 Å². The van der Waals surface area contributed by atoms with Crippen LogP contribution in [-0.4, -0.2) is 18.2 Å². The van der Waals surface area contributed by atoms with E-state index in [1.807, 2.05) is 0 Å². The lowest BCUT2D eigenvalue weighted by Gasteiger charge is -2.11. The molecule has 1 aromatic carbocycles. The molecule has 8 heteroatoms. The molecule has 26 heavy (non-hydrogen) atoms. The highest BCUT2D eigenvalue weighted by atomic mass is 32.2. The summed E-state index contributed by atoms with van der Waals surface area (Å²) in [6.45, 7) is 0. The third kappa shape index (κ3) is 3.12. The third-order valence-electron chi connectivity index (χ3n) is 4.72. The fourth-order valence-corrected chi connectivity index (χ4v) is 4.84. The van der Waals surface area contributed by atoms with Crippen molar-refractivity contribution in [3.8, 4) is 0 Å². The van der Waals surface area contributed by atoms with E-state index in [9.17, 15) is 13.2 Å². The second-order valence-electron chi connectivity index (χ2n) is 6.65. The first-order valence-corrected chi connectivity index (χ1v) is 10.0. The average Bonchev–Trinajstić information content (AvgIpc) is 3.24. The van der Waals surface area contributed by atoms with Gasteiger partial charge < -0.3 is 4.42 Å². The average molecular weight is 373 g/mol. The summed E-state index contributed by atoms with van der Waals surface area (Å²) in [6, 6.07) is 7.71. The van der Waals surface area contributed by atoms with Gasteiger partial charge in [-0.15, -0.1) is 0 Å². The first kappa shape index (κ1) is 16.8. The van der Waals surface area contributed by atoms with Crippen LogP contribution in [0.25, 0.3) is 11.0 Å². The quantitative estimate of drug-likeness (QED) is 0.710. The van der Waals surface area contributed by atoms with Gasteiger partial charge in [0.05, 0.1) is 5.69 Å². The van der Waals surface area contributed by atoms with E-state index < -0.39 is 15.6 Å². The lowest BCUT2D eigenvalue weighted by molar-refractivity contribution is 0.561. The zero-order valence-electron chi connectivity index (χ0n) is 14.3. The largest absolute Gasteiger partial charge is 0.423 e. The maximum absolute atomic E-state index is 12.9. The van der Waals surface area contributed by atoms with Crippen LogP contribution in [-0.2, 0) is 17.1 Å². The summed E-state index contributed by atoms with van der Waals surface area (Å²) in [6.07, 6.45) is 5.69. The molecule has 0 amide bonds. The molecule has 0 saturated heterocycles. The minimum atomic E-state index is -3.76. The minimum Gasteiger partial charge on any atom is -0.423 e. The van der Waals surface area contributed by atoms with Crippen LogP contribution < -0.4 is 10.3 Å². The highest BCUT2D eigenvalue weighted by Gasteiger charge is 2.29. The molecule has 7 nitrogen and oxygen atoms in total. The standard InChI is InChI=1S/C18H19N3O4S/c1-21-11-16(18(19-21)12-4-2-3-5-12)26(23,24)20-14-7-8-15-13(10-14)6-9-17(22)25-15/h6-12,20H,2-5H2,1H3. The van der Waals surface area contributed by atoms with Crippen molar-refractivity contribution in [2.45, 2.75) is 36.5 Å². The van der Waals surface area contributed by atoms with Crippen LogP contribution in [0.4, 0.5) is 5.69 Å². The number of nitrogens with zero attached hydrogens (tertiary/aromatic N) is 2. The molecule has 1 aliphatic rings. The normalized spacial score (nSPS) is 15.6. The number of rotatable bonds is 4. The molecular formula is C18H19N3O4S. The van der Waals surface area contributed by atoms with Crippen molar-refractivity contribution in [3.05, 3.63) is 52.6 Å². The second-order valence-corrected chi connectivity index (χ2v) is 8.30. The molecule has 1 saturated carbocycles. The number of hydrogen-bond acceptors (Lipinski definition) is 5. The first-order chi connectivity index (χ1) is 12.4. The van der Waals surface area contributed by atoms with Crippen molar-refractivity contribution in [2.24, 2.45) is 7.05 Å². The Labute approximate surface area is 150 Å². The Morgan fingerprint density at radius 2 is 1.96 bits per heavy atom. The molecule has 0 spiro atoms. The number of aromatic nitrogens is 2. The van der Waals surface area contributed by atoms with E-state index in [4.69, 9.17) is 4.42 Å². The second kappa shape index (κ2) is 6.28. The van der Waals surface area contributed by atoms with Crippen molar-refractivity contribution in [2.75, 3.05) is 4.72 Å². The Bertz CT molecular complexity index is 1120. The monoisotopic (exact) mass is 373 g/mol. The molecular weight excluding hydrogens is 354 g/mol. The van der Waals surface area contributed by atoms with Crippen molar-refractivity contribution in [1.82, 2.24) is 9.78 Å². The van der Waals surface area contributed by atoms with Crippen molar-refractivity contribution in [1.29, 1.82) is 0 Å². The molecule has 0 unspecified atom stereocenters. The number of aryl methyl sites for hydroxylation is 1. The zero-order valence-corrected chi connectivity index (χ0v) is 15.1. The summed E-state index contributed by atoms with van der Waals surface area (Å²) < 4.78 is 35.1. The Balaban J connectivity index is 1.69. The summed E-state index contributed by atoms with van der Waals surface area (Å²) in [5.74, 6) is 0.189. The lowest BCUT2D eigenvalue weighted by Crippen LogP contribution is -2.15. The highest BCUT2D eigenvalue weighted by molar-refractivity contribution is 7.92. The summed E-state index contributed by atoms with van der Waals surface area (Å²) in [7, 11) is -2.03. The SMILES string of the molecule is Cn1cc(S(=O)(=O)Nc2ccc3oc(=O)ccc3c2)c(C2CCCC2)n1. The number of sulfonamides is 1. The van der Waals surface area contributed by atoms with Gasteiger partial charge in [0.15, 0.2) is 0 Å². The molecule has 0 bridgehead atoms. The summed E-state index contributed by atoms with van der Waals surface area (Å²) in [5, 5.41) is 5.05. The van der Waals surface area contributed by atoms with E-state index >= 15 is 0 Å². The van der Waals surface area contributed by atoms with Crippen LogP contribution >= 0.6 is 0 Å². The van der Waals surface area contributed by atoms with Gasteiger partial charge in [-0.1, -0.05) is 12.8 Å². The molecule has 1 aliphatic carbocycles. The molecule has 1 N–H and O–H groups in total. The van der Waals surface area contributed by atoms with Gasteiger partial charge in [-0.25, -0.2) is 13.2 Å². The molecule has 0 atom stereocenters. The number of benzene rings is 1. The van der Waals surface area contributed by atoms with Crippen LogP contribution in [0.3, 0.4) is 0 Å². The van der Waals surface area contributed by atoms with Gasteiger partial charge in [0.2, 0.25) is 0 Å². The van der Waals surface area contributed by atoms with Gasteiger partial charge in [0.1, 0.15) is 10.5 Å². The van der Waals surface area contributed by atoms with E-state index in [2.05, 4.69) is 9.82 Å². The summed E-state index contributed by atoms with van der Waals surface area (Å²) >= 11 is 0. The highest BCUT2D eigenvalue weighted by Crippen LogP contribution is 2.36. The van der Waals surface area contributed by atoms with Crippen LogP contribution in [0.15, 0.2) is 50.6 Å². The van der Waals surface area contributed by atoms with Gasteiger partial charge in [0.25, 0.3) is 10.0 Å². The van der Waals surface area contributed by atoms with E-state index in [-0.39, 0.29) is 10.8 Å². The Hall–Kier alpha value is -2.61. The van der Waals surface area contributed by atoms with Crippen molar-refractivity contribution < 1.29 is 12.8 Å². The minimum absolute atomic E-state index is 0.189. The smallest absolute Gasteiger partial charge is 0.336 e. The zero-order chi connectivity index (χ0) is 18.3. The van der Waals surface area contributed by atoms with E-state index in [1.165, 1.54) is 6.07 Å². The van der Waals surface area contributed by atoms with Crippen LogP contribution in [0.1, 0.15) is 37.3 Å². The molecule has 3 aromatic rings. The van der Waals surface area contributed by atoms with E-state index in [1.54, 1.807) is 42.2 Å². The Kier molecular flexibility index (Phi) is 4.07. The Morgan fingerprint density at radius 3 is 2.73 bits per heavy atom.